The lowest BCUT2D eigenvalue weighted by Gasteiger charge is -2.37. The molecule has 2 unspecified atom stereocenters. The van der Waals surface area contributed by atoms with Crippen LogP contribution < -0.4 is 0 Å². The summed E-state index contributed by atoms with van der Waals surface area (Å²) >= 11 is 0. The molecular formula is C19H26. The van der Waals surface area contributed by atoms with Crippen LogP contribution in [-0.2, 0) is 0 Å². The van der Waals surface area contributed by atoms with Crippen molar-refractivity contribution in [2.45, 2.75) is 52.4 Å². The first kappa shape index (κ1) is 13.0. The van der Waals surface area contributed by atoms with Gasteiger partial charge in [0.05, 0.1) is 0 Å². The van der Waals surface area contributed by atoms with E-state index in [-0.39, 0.29) is 0 Å². The molecule has 0 N–H and O–H groups in total. The minimum atomic E-state index is 0.736. The Hall–Kier alpha value is -1.04. The molecule has 2 fully saturated rings. The van der Waals surface area contributed by atoms with Crippen LogP contribution in [0.15, 0.2) is 47.1 Å². The maximum atomic E-state index is 4.44. The molecule has 0 aromatic heterocycles. The molecule has 0 nitrogen and oxygen atoms in total. The van der Waals surface area contributed by atoms with E-state index in [0.717, 1.165) is 17.8 Å². The molecule has 2 atom stereocenters. The van der Waals surface area contributed by atoms with Crippen molar-refractivity contribution in [3.63, 3.8) is 0 Å². The molecule has 0 aliphatic heterocycles. The van der Waals surface area contributed by atoms with Gasteiger partial charge in [0.15, 0.2) is 0 Å². The highest BCUT2D eigenvalue weighted by Gasteiger charge is 2.30. The molecule has 3 aliphatic rings. The Bertz CT molecular complexity index is 468. The van der Waals surface area contributed by atoms with Crippen LogP contribution in [0.1, 0.15) is 52.4 Å². The van der Waals surface area contributed by atoms with Crippen LogP contribution in [0, 0.1) is 17.8 Å². The van der Waals surface area contributed by atoms with Crippen LogP contribution in [0.2, 0.25) is 0 Å². The molecule has 0 saturated heterocycles. The van der Waals surface area contributed by atoms with Crippen molar-refractivity contribution in [2.75, 3.05) is 0 Å². The summed E-state index contributed by atoms with van der Waals surface area (Å²) in [7, 11) is 0. The Kier molecular flexibility index (Phi) is 3.52. The van der Waals surface area contributed by atoms with E-state index >= 15 is 0 Å². The van der Waals surface area contributed by atoms with E-state index < -0.39 is 0 Å². The largest absolute Gasteiger partial charge is 0.0953 e. The quantitative estimate of drug-likeness (QED) is 0.615. The molecule has 0 aromatic rings. The number of allylic oxidation sites excluding steroid dienone is 7. The van der Waals surface area contributed by atoms with Gasteiger partial charge in [-0.05, 0) is 61.0 Å². The van der Waals surface area contributed by atoms with Gasteiger partial charge < -0.3 is 0 Å². The van der Waals surface area contributed by atoms with E-state index in [9.17, 15) is 0 Å². The van der Waals surface area contributed by atoms with Crippen LogP contribution in [-0.4, -0.2) is 0 Å². The Morgan fingerprint density at radius 2 is 2.16 bits per heavy atom. The summed E-state index contributed by atoms with van der Waals surface area (Å²) < 4.78 is 0. The summed E-state index contributed by atoms with van der Waals surface area (Å²) in [6.45, 7) is 9.14. The van der Waals surface area contributed by atoms with Crippen LogP contribution in [0.5, 0.6) is 0 Å². The second kappa shape index (κ2) is 5.15. The van der Waals surface area contributed by atoms with Gasteiger partial charge >= 0.3 is 0 Å². The SMILES string of the molecule is C=C(/C(CC)=C1\CC2=CC=CC(C1)C2C)C1CCC1. The van der Waals surface area contributed by atoms with Gasteiger partial charge in [-0.15, -0.1) is 0 Å². The number of rotatable bonds is 3. The number of fused-ring (bicyclic) bond motifs is 2. The summed E-state index contributed by atoms with van der Waals surface area (Å²) in [5, 5.41) is 0. The third-order valence-corrected chi connectivity index (χ3v) is 5.56. The normalized spacial score (nSPS) is 32.6. The lowest BCUT2D eigenvalue weighted by atomic mass is 9.68. The van der Waals surface area contributed by atoms with Crippen molar-refractivity contribution in [1.82, 2.24) is 0 Å². The van der Waals surface area contributed by atoms with Gasteiger partial charge in [0.2, 0.25) is 0 Å². The molecule has 0 heteroatoms. The summed E-state index contributed by atoms with van der Waals surface area (Å²) in [5.74, 6) is 2.29. The van der Waals surface area contributed by atoms with Crippen molar-refractivity contribution in [3.8, 4) is 0 Å². The molecule has 0 amide bonds. The molecule has 19 heavy (non-hydrogen) atoms. The summed E-state index contributed by atoms with van der Waals surface area (Å²) in [5.41, 5.74) is 6.42. The van der Waals surface area contributed by atoms with Gasteiger partial charge in [-0.2, -0.15) is 0 Å². The molecule has 102 valence electrons. The summed E-state index contributed by atoms with van der Waals surface area (Å²) in [4.78, 5) is 0. The second-order valence-corrected chi connectivity index (χ2v) is 6.55. The standard InChI is InChI=1S/C19H26/c1-4-19(14(3)15-7-5-8-15)18-11-16-9-6-10-17(12-18)13(16)2/h6,9-10,13,15-16H,3-5,7-8,11-12H2,1-2H3/b19-18-. The average molecular weight is 254 g/mol. The third kappa shape index (κ3) is 2.26. The first-order chi connectivity index (χ1) is 9.20. The number of hydrogen-bond donors (Lipinski definition) is 0. The van der Waals surface area contributed by atoms with E-state index in [0.29, 0.717) is 0 Å². The molecule has 0 aromatic carbocycles. The van der Waals surface area contributed by atoms with Gasteiger partial charge in [-0.25, -0.2) is 0 Å². The lowest BCUT2D eigenvalue weighted by Crippen LogP contribution is -2.23. The fourth-order valence-corrected chi connectivity index (χ4v) is 3.92. The molecule has 2 saturated carbocycles. The van der Waals surface area contributed by atoms with Crippen molar-refractivity contribution in [1.29, 1.82) is 0 Å². The first-order valence-corrected chi connectivity index (χ1v) is 7.98. The highest BCUT2D eigenvalue weighted by Crippen LogP contribution is 2.45. The van der Waals surface area contributed by atoms with E-state index in [4.69, 9.17) is 0 Å². The van der Waals surface area contributed by atoms with Gasteiger partial charge in [0.25, 0.3) is 0 Å². The zero-order chi connectivity index (χ0) is 13.4. The molecule has 2 bridgehead atoms. The van der Waals surface area contributed by atoms with E-state index in [2.05, 4.69) is 38.7 Å². The predicted octanol–water partition coefficient (Wildman–Crippen LogP) is 5.59. The van der Waals surface area contributed by atoms with Crippen LogP contribution in [0.4, 0.5) is 0 Å². The van der Waals surface area contributed by atoms with E-state index in [1.165, 1.54) is 44.1 Å². The van der Waals surface area contributed by atoms with Crippen LogP contribution in [0.25, 0.3) is 0 Å². The molecule has 0 radical (unpaired) electrons. The lowest BCUT2D eigenvalue weighted by molar-refractivity contribution is 0.368. The van der Waals surface area contributed by atoms with Gasteiger partial charge in [-0.3, -0.25) is 0 Å². The topological polar surface area (TPSA) is 0 Å². The molecule has 0 heterocycles. The fourth-order valence-electron chi connectivity index (χ4n) is 3.92. The molecule has 0 spiro atoms. The van der Waals surface area contributed by atoms with Crippen molar-refractivity contribution < 1.29 is 0 Å². The molecule has 3 rings (SSSR count). The average Bonchev–Trinajstić information content (AvgIpc) is 2.28. The first-order valence-electron chi connectivity index (χ1n) is 7.98. The Morgan fingerprint density at radius 1 is 1.37 bits per heavy atom. The summed E-state index contributed by atoms with van der Waals surface area (Å²) in [6.07, 6.45) is 14.8. The minimum Gasteiger partial charge on any atom is -0.0953 e. The van der Waals surface area contributed by atoms with E-state index in [1.807, 2.05) is 0 Å². The van der Waals surface area contributed by atoms with Crippen molar-refractivity contribution >= 4 is 0 Å². The predicted molar refractivity (Wildman–Crippen MR) is 82.9 cm³/mol. The van der Waals surface area contributed by atoms with E-state index in [1.54, 1.807) is 16.7 Å². The second-order valence-electron chi connectivity index (χ2n) is 6.55. The van der Waals surface area contributed by atoms with Crippen molar-refractivity contribution in [2.24, 2.45) is 17.8 Å². The molecule has 3 aliphatic carbocycles. The van der Waals surface area contributed by atoms with Crippen LogP contribution >= 0.6 is 0 Å². The zero-order valence-corrected chi connectivity index (χ0v) is 12.4. The van der Waals surface area contributed by atoms with Gasteiger partial charge in [0.1, 0.15) is 0 Å². The minimum absolute atomic E-state index is 0.736. The highest BCUT2D eigenvalue weighted by atomic mass is 14.4. The maximum absolute atomic E-state index is 4.44. The Balaban J connectivity index is 1.87. The zero-order valence-electron chi connectivity index (χ0n) is 12.4. The fraction of sp³-hybridized carbons (Fsp3) is 0.579. The smallest absolute Gasteiger partial charge is 0.00963 e. The maximum Gasteiger partial charge on any atom is -0.00963 e. The van der Waals surface area contributed by atoms with Crippen LogP contribution in [0.3, 0.4) is 0 Å². The molecular weight excluding hydrogens is 228 g/mol. The van der Waals surface area contributed by atoms with Crippen molar-refractivity contribution in [3.05, 3.63) is 47.1 Å². The van der Waals surface area contributed by atoms with Gasteiger partial charge in [0, 0.05) is 0 Å². The summed E-state index contributed by atoms with van der Waals surface area (Å²) in [6, 6.07) is 0. The number of hydrogen-bond acceptors (Lipinski definition) is 0. The Labute approximate surface area is 118 Å². The highest BCUT2D eigenvalue weighted by molar-refractivity contribution is 5.42. The Morgan fingerprint density at radius 3 is 2.74 bits per heavy atom. The monoisotopic (exact) mass is 254 g/mol. The third-order valence-electron chi connectivity index (χ3n) is 5.56. The van der Waals surface area contributed by atoms with Gasteiger partial charge in [-0.1, -0.05) is 56.2 Å².